The summed E-state index contributed by atoms with van der Waals surface area (Å²) in [5.74, 6) is 0.733. The lowest BCUT2D eigenvalue weighted by Gasteiger charge is -2.15. The van der Waals surface area contributed by atoms with Gasteiger partial charge in [0.25, 0.3) is 0 Å². The molecule has 3 aromatic carbocycles. The van der Waals surface area contributed by atoms with Gasteiger partial charge in [0.2, 0.25) is 0 Å². The summed E-state index contributed by atoms with van der Waals surface area (Å²) in [6, 6.07) is 27.6. The number of rotatable bonds is 6. The Morgan fingerprint density at radius 3 is 2.57 bits per heavy atom. The van der Waals surface area contributed by atoms with E-state index >= 15 is 0 Å². The van der Waals surface area contributed by atoms with Crippen molar-refractivity contribution in [2.24, 2.45) is 0 Å². The Labute approximate surface area is 163 Å². The molecule has 0 saturated heterocycles. The van der Waals surface area contributed by atoms with Crippen LogP contribution in [-0.2, 0) is 6.54 Å². The zero-order valence-corrected chi connectivity index (χ0v) is 15.3. The zero-order chi connectivity index (χ0) is 19.3. The molecule has 1 N–H and O–H groups in total. The third-order valence-corrected chi connectivity index (χ3v) is 4.69. The van der Waals surface area contributed by atoms with Gasteiger partial charge in [-0.25, -0.2) is 0 Å². The number of nitrogens with zero attached hydrogens (tertiary/aromatic N) is 2. The number of fused-ring (bicyclic) bond motifs is 1. The lowest BCUT2D eigenvalue weighted by Crippen LogP contribution is -2.23. The van der Waals surface area contributed by atoms with Gasteiger partial charge in [0, 0.05) is 17.1 Å². The summed E-state index contributed by atoms with van der Waals surface area (Å²) in [6.45, 7) is 0.627. The number of nitriles is 1. The number of aliphatic hydroxyl groups is 1. The van der Waals surface area contributed by atoms with Crippen molar-refractivity contribution in [3.8, 4) is 22.9 Å². The quantitative estimate of drug-likeness (QED) is 0.540. The fourth-order valence-electron chi connectivity index (χ4n) is 3.30. The van der Waals surface area contributed by atoms with Gasteiger partial charge in [0.15, 0.2) is 0 Å². The molecule has 0 aliphatic heterocycles. The van der Waals surface area contributed by atoms with Crippen LogP contribution in [0, 0.1) is 11.3 Å². The van der Waals surface area contributed by atoms with E-state index in [9.17, 15) is 5.11 Å². The molecule has 0 amide bonds. The largest absolute Gasteiger partial charge is 0.491 e. The second-order valence-corrected chi connectivity index (χ2v) is 6.71. The number of aromatic nitrogens is 1. The van der Waals surface area contributed by atoms with Crippen LogP contribution in [0.1, 0.15) is 5.56 Å². The number of aliphatic hydroxyl groups excluding tert-OH is 1. The van der Waals surface area contributed by atoms with Crippen LogP contribution in [0.2, 0.25) is 0 Å². The van der Waals surface area contributed by atoms with Crippen LogP contribution >= 0.6 is 0 Å². The average molecular weight is 368 g/mol. The molecule has 0 aliphatic carbocycles. The molecule has 0 radical (unpaired) electrons. The minimum absolute atomic E-state index is 0.203. The molecule has 4 nitrogen and oxygen atoms in total. The molecule has 1 unspecified atom stereocenters. The highest BCUT2D eigenvalue weighted by Crippen LogP contribution is 2.24. The maximum absolute atomic E-state index is 10.4. The summed E-state index contributed by atoms with van der Waals surface area (Å²) < 4.78 is 7.80. The molecule has 0 bridgehead atoms. The molecular formula is C24H20N2O2. The van der Waals surface area contributed by atoms with Crippen molar-refractivity contribution in [2.75, 3.05) is 6.61 Å². The molecule has 0 saturated carbocycles. The first-order valence-electron chi connectivity index (χ1n) is 9.18. The van der Waals surface area contributed by atoms with Crippen LogP contribution in [0.5, 0.6) is 5.75 Å². The first kappa shape index (κ1) is 17.8. The minimum atomic E-state index is -0.647. The zero-order valence-electron chi connectivity index (χ0n) is 15.3. The highest BCUT2D eigenvalue weighted by Gasteiger charge is 2.10. The predicted octanol–water partition coefficient (Wildman–Crippen LogP) is 4.62. The van der Waals surface area contributed by atoms with E-state index in [4.69, 9.17) is 10.00 Å². The summed E-state index contributed by atoms with van der Waals surface area (Å²) in [5, 5.41) is 20.4. The summed E-state index contributed by atoms with van der Waals surface area (Å²) in [6.07, 6.45) is 1.28. The second-order valence-electron chi connectivity index (χ2n) is 6.71. The smallest absolute Gasteiger partial charge is 0.120 e. The molecule has 1 aromatic heterocycles. The predicted molar refractivity (Wildman–Crippen MR) is 110 cm³/mol. The Morgan fingerprint density at radius 2 is 1.75 bits per heavy atom. The van der Waals surface area contributed by atoms with Crippen LogP contribution in [0.25, 0.3) is 22.0 Å². The molecule has 0 aliphatic rings. The van der Waals surface area contributed by atoms with E-state index in [2.05, 4.69) is 18.2 Å². The monoisotopic (exact) mass is 368 g/mol. The number of hydrogen-bond acceptors (Lipinski definition) is 3. The van der Waals surface area contributed by atoms with E-state index in [1.54, 1.807) is 6.07 Å². The SMILES string of the molecule is N#Cc1ccc2c(ccn2CC(O)COc2cccc(-c3ccccc3)c2)c1. The highest BCUT2D eigenvalue weighted by molar-refractivity contribution is 5.81. The molecule has 138 valence electrons. The van der Waals surface area contributed by atoms with E-state index in [1.807, 2.05) is 71.4 Å². The second kappa shape index (κ2) is 7.99. The van der Waals surface area contributed by atoms with E-state index in [0.717, 1.165) is 27.8 Å². The van der Waals surface area contributed by atoms with E-state index < -0.39 is 6.10 Å². The van der Waals surface area contributed by atoms with E-state index in [0.29, 0.717) is 12.1 Å². The Balaban J connectivity index is 1.41. The van der Waals surface area contributed by atoms with Crippen molar-refractivity contribution in [2.45, 2.75) is 12.6 Å². The van der Waals surface area contributed by atoms with Gasteiger partial charge >= 0.3 is 0 Å². The lowest BCUT2D eigenvalue weighted by molar-refractivity contribution is 0.0936. The maximum Gasteiger partial charge on any atom is 0.120 e. The molecule has 4 rings (SSSR count). The average Bonchev–Trinajstić information content (AvgIpc) is 3.15. The highest BCUT2D eigenvalue weighted by atomic mass is 16.5. The number of benzene rings is 3. The van der Waals surface area contributed by atoms with Crippen molar-refractivity contribution in [1.29, 1.82) is 5.26 Å². The fourth-order valence-corrected chi connectivity index (χ4v) is 3.30. The van der Waals surface area contributed by atoms with Crippen molar-refractivity contribution in [3.05, 3.63) is 90.6 Å². The normalized spacial score (nSPS) is 11.9. The number of ether oxygens (including phenoxy) is 1. The van der Waals surface area contributed by atoms with Crippen LogP contribution in [0.4, 0.5) is 0 Å². The van der Waals surface area contributed by atoms with E-state index in [-0.39, 0.29) is 6.61 Å². The number of hydrogen-bond donors (Lipinski definition) is 1. The Bertz CT molecular complexity index is 1130. The van der Waals surface area contributed by atoms with E-state index in [1.165, 1.54) is 0 Å². The van der Waals surface area contributed by atoms with Gasteiger partial charge in [0.1, 0.15) is 18.5 Å². The van der Waals surface area contributed by atoms with Gasteiger partial charge in [-0.1, -0.05) is 42.5 Å². The van der Waals surface area contributed by atoms with Gasteiger partial charge < -0.3 is 14.4 Å². The molecule has 4 aromatic rings. The summed E-state index contributed by atoms with van der Waals surface area (Å²) in [5.41, 5.74) is 3.83. The van der Waals surface area contributed by atoms with Gasteiger partial charge in [-0.2, -0.15) is 5.26 Å². The fraction of sp³-hybridized carbons (Fsp3) is 0.125. The molecule has 1 atom stereocenters. The summed E-state index contributed by atoms with van der Waals surface area (Å²) in [4.78, 5) is 0. The summed E-state index contributed by atoms with van der Waals surface area (Å²) >= 11 is 0. The third kappa shape index (κ3) is 3.90. The van der Waals surface area contributed by atoms with Crippen LogP contribution in [-0.4, -0.2) is 22.4 Å². The summed E-state index contributed by atoms with van der Waals surface area (Å²) in [7, 11) is 0. The van der Waals surface area contributed by atoms with Crippen LogP contribution in [0.15, 0.2) is 85.1 Å². The van der Waals surface area contributed by atoms with Crippen LogP contribution < -0.4 is 4.74 Å². The molecule has 0 fully saturated rings. The molecule has 1 heterocycles. The standard InChI is InChI=1S/C24H20N2O2/c25-15-18-9-10-24-21(13-18)11-12-26(24)16-22(27)17-28-23-8-4-7-20(14-23)19-5-2-1-3-6-19/h1-14,22,27H,16-17H2. The first-order chi connectivity index (χ1) is 13.7. The molecule has 0 spiro atoms. The molecule has 4 heteroatoms. The van der Waals surface area contributed by atoms with Crippen molar-refractivity contribution in [3.63, 3.8) is 0 Å². The maximum atomic E-state index is 10.4. The van der Waals surface area contributed by atoms with Gasteiger partial charge in [-0.3, -0.25) is 0 Å². The van der Waals surface area contributed by atoms with Gasteiger partial charge in [-0.05, 0) is 47.5 Å². The first-order valence-corrected chi connectivity index (χ1v) is 9.18. The van der Waals surface area contributed by atoms with Crippen molar-refractivity contribution >= 4 is 10.9 Å². The van der Waals surface area contributed by atoms with Crippen LogP contribution in [0.3, 0.4) is 0 Å². The topological polar surface area (TPSA) is 58.2 Å². The molecular weight excluding hydrogens is 348 g/mol. The van der Waals surface area contributed by atoms with Gasteiger partial charge in [0.05, 0.1) is 18.2 Å². The van der Waals surface area contributed by atoms with Gasteiger partial charge in [-0.15, -0.1) is 0 Å². The Hall–Kier alpha value is -3.55. The Kier molecular flexibility index (Phi) is 5.09. The third-order valence-electron chi connectivity index (χ3n) is 4.69. The van der Waals surface area contributed by atoms with Crippen molar-refractivity contribution in [1.82, 2.24) is 4.57 Å². The Morgan fingerprint density at radius 1 is 0.929 bits per heavy atom. The molecule has 28 heavy (non-hydrogen) atoms. The van der Waals surface area contributed by atoms with Crippen molar-refractivity contribution < 1.29 is 9.84 Å². The lowest BCUT2D eigenvalue weighted by atomic mass is 10.1. The minimum Gasteiger partial charge on any atom is -0.491 e.